The van der Waals surface area contributed by atoms with E-state index in [2.05, 4.69) is 27.7 Å². The van der Waals surface area contributed by atoms with Crippen LogP contribution in [0, 0.1) is 0 Å². The maximum absolute atomic E-state index is 13.0. The van der Waals surface area contributed by atoms with Crippen molar-refractivity contribution in [2.24, 2.45) is 0 Å². The van der Waals surface area contributed by atoms with Crippen molar-refractivity contribution < 1.29 is 87.7 Å². The summed E-state index contributed by atoms with van der Waals surface area (Å²) in [6.07, 6.45) is -5.98. The predicted molar refractivity (Wildman–Crippen MR) is 92.8 cm³/mol. The molecule has 226 valence electrons. The van der Waals surface area contributed by atoms with Gasteiger partial charge in [0, 0.05) is 0 Å². The third-order valence-corrected chi connectivity index (χ3v) is 6.52. The van der Waals surface area contributed by atoms with Crippen molar-refractivity contribution in [2.45, 2.75) is 74.9 Å². The van der Waals surface area contributed by atoms with Crippen LogP contribution in [0.25, 0.3) is 0 Å². The van der Waals surface area contributed by atoms with E-state index in [-0.39, 0.29) is 0 Å². The number of hydrogen-bond acceptors (Lipinski definition) is 3. The van der Waals surface area contributed by atoms with Gasteiger partial charge in [0.1, 0.15) is 0 Å². The molecule has 0 saturated heterocycles. The number of alkyl halides is 16. The monoisotopic (exact) mass is 611 g/mol. The third kappa shape index (κ3) is 5.86. The van der Waals surface area contributed by atoms with Gasteiger partial charge in [-0.1, -0.05) is 0 Å². The van der Waals surface area contributed by atoms with Crippen LogP contribution in [0.4, 0.5) is 70.2 Å². The van der Waals surface area contributed by atoms with Crippen LogP contribution in [0.3, 0.4) is 0 Å². The smallest absolute Gasteiger partial charge is 0.402 e. The second-order valence-corrected chi connectivity index (χ2v) is 8.79. The van der Waals surface area contributed by atoms with Crippen LogP contribution in [0.1, 0.15) is 27.7 Å². The molecular weight excluding hydrogens is 590 g/mol. The van der Waals surface area contributed by atoms with Crippen molar-refractivity contribution >= 4 is 10.1 Å². The number of nitrogens with zero attached hydrogens (tertiary/aromatic N) is 1. The fraction of sp³-hybridized carbons (Fsp3) is 1.00. The summed E-state index contributed by atoms with van der Waals surface area (Å²) in [6.45, 7) is 14.2. The molecule has 0 aliphatic heterocycles. The molecular formula is C16H21F16NO3S. The minimum atomic E-state index is -8.74. The molecule has 0 aromatic rings. The van der Waals surface area contributed by atoms with Crippen LogP contribution in [0.5, 0.6) is 0 Å². The zero-order valence-corrected chi connectivity index (χ0v) is 19.8. The first-order valence-corrected chi connectivity index (χ1v) is 11.1. The van der Waals surface area contributed by atoms with Gasteiger partial charge in [-0.15, -0.1) is 0 Å². The summed E-state index contributed by atoms with van der Waals surface area (Å²) in [5, 5.41) is -7.87. The Kier molecular flexibility index (Phi) is 11.4. The van der Waals surface area contributed by atoms with Gasteiger partial charge in [0.25, 0.3) is 0 Å². The Morgan fingerprint density at radius 3 is 1.00 bits per heavy atom. The maximum atomic E-state index is 13.0. The van der Waals surface area contributed by atoms with E-state index in [1.807, 2.05) is 0 Å². The molecule has 0 aromatic carbocycles. The maximum Gasteiger partial charge on any atom is 0.402 e. The molecule has 4 nitrogen and oxygen atoms in total. The Labute approximate surface area is 199 Å². The lowest BCUT2D eigenvalue weighted by atomic mass is 9.91. The van der Waals surface area contributed by atoms with E-state index in [1.54, 1.807) is 0 Å². The Balaban J connectivity index is 0. The minimum Gasteiger partial charge on any atom is -0.743 e. The molecule has 0 unspecified atom stereocenters. The molecule has 0 radical (unpaired) electrons. The van der Waals surface area contributed by atoms with Crippen molar-refractivity contribution in [2.75, 3.05) is 26.2 Å². The van der Waals surface area contributed by atoms with Gasteiger partial charge < -0.3 is 9.04 Å². The first-order chi connectivity index (χ1) is 15.9. The summed E-state index contributed by atoms with van der Waals surface area (Å²) in [6, 6.07) is 0. The van der Waals surface area contributed by atoms with Gasteiger partial charge in [-0.2, -0.15) is 61.5 Å². The van der Waals surface area contributed by atoms with Crippen LogP contribution in [-0.4, -0.2) is 90.8 Å². The molecule has 0 rings (SSSR count). The quantitative estimate of drug-likeness (QED) is 0.153. The summed E-state index contributed by atoms with van der Waals surface area (Å²) >= 11 is 0. The van der Waals surface area contributed by atoms with E-state index in [4.69, 9.17) is 0 Å². The highest BCUT2D eigenvalue weighted by Gasteiger charge is 2.94. The van der Waals surface area contributed by atoms with E-state index in [0.717, 1.165) is 0 Å². The lowest BCUT2D eigenvalue weighted by Gasteiger charge is -2.42. The van der Waals surface area contributed by atoms with E-state index < -0.39 is 57.3 Å². The number of rotatable bonds is 12. The van der Waals surface area contributed by atoms with Crippen LogP contribution in [-0.2, 0) is 10.1 Å². The molecule has 37 heavy (non-hydrogen) atoms. The molecule has 0 amide bonds. The summed E-state index contributed by atoms with van der Waals surface area (Å²) < 4.78 is 234. The molecule has 0 aliphatic rings. The first-order valence-electron chi connectivity index (χ1n) is 9.67. The zero-order chi connectivity index (χ0) is 30.9. The van der Waals surface area contributed by atoms with Gasteiger partial charge in [0.15, 0.2) is 10.1 Å². The van der Waals surface area contributed by atoms with Crippen LogP contribution < -0.4 is 0 Å². The highest BCUT2D eigenvalue weighted by Crippen LogP contribution is 2.63. The molecule has 0 fully saturated rings. The highest BCUT2D eigenvalue weighted by atomic mass is 32.2. The van der Waals surface area contributed by atoms with E-state index in [9.17, 15) is 83.2 Å². The highest BCUT2D eigenvalue weighted by molar-refractivity contribution is 7.86. The van der Waals surface area contributed by atoms with Crippen LogP contribution in [0.15, 0.2) is 0 Å². The molecule has 0 bridgehead atoms. The van der Waals surface area contributed by atoms with Crippen molar-refractivity contribution in [3.05, 3.63) is 0 Å². The molecule has 0 atom stereocenters. The zero-order valence-electron chi connectivity index (χ0n) is 19.0. The molecule has 0 aliphatic carbocycles. The molecule has 0 heterocycles. The lowest BCUT2D eigenvalue weighted by Crippen LogP contribution is -2.74. The fourth-order valence-corrected chi connectivity index (χ4v) is 3.06. The van der Waals surface area contributed by atoms with Crippen LogP contribution in [0.2, 0.25) is 0 Å². The second kappa shape index (κ2) is 11.1. The van der Waals surface area contributed by atoms with E-state index >= 15 is 0 Å². The Morgan fingerprint density at radius 1 is 0.568 bits per heavy atom. The SMILES string of the molecule is CC[N+](CC)(CC)CC.O=S(=O)([O-])C(F)(F)C(F)(F)C(F)(F)C(F)(F)C(F)(F)C(F)(F)C(F)(F)C(F)F. The number of hydrogen-bond donors (Lipinski definition) is 0. The topological polar surface area (TPSA) is 57.2 Å². The molecule has 21 heteroatoms. The summed E-state index contributed by atoms with van der Waals surface area (Å²) in [5.41, 5.74) is 0. The average molecular weight is 611 g/mol. The van der Waals surface area contributed by atoms with Gasteiger partial charge in [-0.05, 0) is 27.7 Å². The minimum absolute atomic E-state index is 1.28. The molecule has 0 spiro atoms. The standard InChI is InChI=1S/C8H2F16O3S.C8H20N/c9-1(10)2(11,12)3(13,14)4(15,16)5(17,18)6(19,20)7(21,22)8(23,24)28(25,26)27;1-5-9(6-2,7-3)8-4/h1H,(H,25,26,27);5-8H2,1-4H3/q;+1/p-1. The predicted octanol–water partition coefficient (Wildman–Crippen LogP) is 6.08. The summed E-state index contributed by atoms with van der Waals surface area (Å²) in [7, 11) is -8.07. The lowest BCUT2D eigenvalue weighted by molar-refractivity contribution is -0.921. The second-order valence-electron chi connectivity index (χ2n) is 7.37. The normalized spacial score (nSPS) is 15.5. The first kappa shape index (κ1) is 37.9. The Morgan fingerprint density at radius 2 is 0.811 bits per heavy atom. The van der Waals surface area contributed by atoms with Gasteiger partial charge in [-0.3, -0.25) is 0 Å². The van der Waals surface area contributed by atoms with Crippen molar-refractivity contribution in [3.8, 4) is 0 Å². The summed E-state index contributed by atoms with van der Waals surface area (Å²) in [4.78, 5) is 0. The third-order valence-electron chi connectivity index (χ3n) is 5.63. The van der Waals surface area contributed by atoms with Gasteiger partial charge in [-0.25, -0.2) is 17.2 Å². The Hall–Kier alpha value is -1.25. The number of halogens is 16. The largest absolute Gasteiger partial charge is 0.743 e. The van der Waals surface area contributed by atoms with Crippen molar-refractivity contribution in [1.82, 2.24) is 0 Å². The molecule has 0 aromatic heterocycles. The van der Waals surface area contributed by atoms with E-state index in [1.165, 1.54) is 30.7 Å². The number of quaternary nitrogens is 1. The van der Waals surface area contributed by atoms with Gasteiger partial charge in [0.2, 0.25) is 0 Å². The molecule has 0 saturated carbocycles. The fourth-order valence-electron chi connectivity index (χ4n) is 2.62. The van der Waals surface area contributed by atoms with E-state index in [0.29, 0.717) is 0 Å². The van der Waals surface area contributed by atoms with Gasteiger partial charge in [0.05, 0.1) is 26.2 Å². The van der Waals surface area contributed by atoms with Gasteiger partial charge >= 0.3 is 47.2 Å². The van der Waals surface area contributed by atoms with Crippen LogP contribution >= 0.6 is 0 Å². The Bertz CT molecular complexity index is 839. The molecule has 0 N–H and O–H groups in total. The van der Waals surface area contributed by atoms with Crippen molar-refractivity contribution in [1.29, 1.82) is 0 Å². The summed E-state index contributed by atoms with van der Waals surface area (Å²) in [5.74, 6) is -50.3. The average Bonchev–Trinajstić information content (AvgIpc) is 2.74. The van der Waals surface area contributed by atoms with Crippen molar-refractivity contribution in [3.63, 3.8) is 0 Å².